The summed E-state index contributed by atoms with van der Waals surface area (Å²) in [6.45, 7) is -0.300. The topological polar surface area (TPSA) is 98.1 Å². The van der Waals surface area contributed by atoms with Gasteiger partial charge in [-0.15, -0.1) is 5.10 Å². The zero-order valence-electron chi connectivity index (χ0n) is 12.3. The maximum atomic E-state index is 12.6. The van der Waals surface area contributed by atoms with Crippen LogP contribution in [0.15, 0.2) is 30.5 Å². The highest BCUT2D eigenvalue weighted by Crippen LogP contribution is 2.30. The molecule has 0 spiro atoms. The number of methoxy groups -OCH3 is 1. The molecule has 1 heterocycles. The Morgan fingerprint density at radius 2 is 2.04 bits per heavy atom. The quantitative estimate of drug-likeness (QED) is 0.886. The van der Waals surface area contributed by atoms with E-state index in [-0.39, 0.29) is 18.1 Å². The molecule has 0 aliphatic carbocycles. The minimum atomic E-state index is -4.50. The summed E-state index contributed by atoms with van der Waals surface area (Å²) in [7, 11) is 1.17. The number of anilines is 2. The summed E-state index contributed by atoms with van der Waals surface area (Å²) in [6, 6.07) is 4.24. The van der Waals surface area contributed by atoms with Gasteiger partial charge in [0.2, 0.25) is 5.91 Å². The Morgan fingerprint density at radius 1 is 1.29 bits per heavy atom. The molecule has 128 valence electrons. The fraction of sp³-hybridized carbons (Fsp3) is 0.231. The minimum absolute atomic E-state index is 0.00264. The third kappa shape index (κ3) is 4.69. The van der Waals surface area contributed by atoms with E-state index in [0.717, 1.165) is 16.8 Å². The largest absolute Gasteiger partial charge is 0.453 e. The van der Waals surface area contributed by atoms with E-state index in [9.17, 15) is 22.8 Å². The molecule has 2 aromatic rings. The molecule has 0 aliphatic rings. The molecule has 0 bridgehead atoms. The van der Waals surface area contributed by atoms with E-state index < -0.39 is 23.7 Å². The number of nitrogens with one attached hydrogen (secondary N) is 2. The van der Waals surface area contributed by atoms with E-state index in [2.05, 4.69) is 25.7 Å². The maximum Gasteiger partial charge on any atom is 0.416 e. The van der Waals surface area contributed by atoms with Crippen molar-refractivity contribution in [2.24, 2.45) is 0 Å². The van der Waals surface area contributed by atoms with Crippen molar-refractivity contribution in [2.45, 2.75) is 12.7 Å². The van der Waals surface area contributed by atoms with Gasteiger partial charge in [-0.25, -0.2) is 9.48 Å². The van der Waals surface area contributed by atoms with Gasteiger partial charge in [0.25, 0.3) is 0 Å². The molecular formula is C13H12F3N5O3. The molecule has 24 heavy (non-hydrogen) atoms. The molecule has 0 atom stereocenters. The first-order valence-corrected chi connectivity index (χ1v) is 6.50. The van der Waals surface area contributed by atoms with Gasteiger partial charge in [0.1, 0.15) is 6.54 Å². The Labute approximate surface area is 133 Å². The SMILES string of the molecule is COC(=O)Nc1cn(CC(=O)Nc2cccc(C(F)(F)F)c2)nn1. The van der Waals surface area contributed by atoms with Crippen LogP contribution >= 0.6 is 0 Å². The normalized spacial score (nSPS) is 11.0. The summed E-state index contributed by atoms with van der Waals surface area (Å²) in [5, 5.41) is 11.8. The number of amides is 2. The summed E-state index contributed by atoms with van der Waals surface area (Å²) < 4.78 is 43.3. The zero-order chi connectivity index (χ0) is 17.7. The molecule has 0 saturated heterocycles. The van der Waals surface area contributed by atoms with Crippen molar-refractivity contribution >= 4 is 23.5 Å². The molecule has 0 fully saturated rings. The van der Waals surface area contributed by atoms with Crippen LogP contribution in [0.3, 0.4) is 0 Å². The standard InChI is InChI=1S/C13H12F3N5O3/c1-24-12(23)18-10-6-21(20-19-10)7-11(22)17-9-4-2-3-8(5-9)13(14,15)16/h2-6H,7H2,1H3,(H,17,22)(H,18,23). The lowest BCUT2D eigenvalue weighted by Crippen LogP contribution is -2.19. The Morgan fingerprint density at radius 3 is 2.71 bits per heavy atom. The fourth-order valence-electron chi connectivity index (χ4n) is 1.71. The molecule has 0 radical (unpaired) electrons. The van der Waals surface area contributed by atoms with E-state index in [1.54, 1.807) is 0 Å². The molecule has 0 saturated carbocycles. The van der Waals surface area contributed by atoms with Gasteiger partial charge in [-0.3, -0.25) is 10.1 Å². The highest BCUT2D eigenvalue weighted by Gasteiger charge is 2.30. The first-order valence-electron chi connectivity index (χ1n) is 6.50. The number of rotatable bonds is 4. The van der Waals surface area contributed by atoms with Crippen LogP contribution < -0.4 is 10.6 Å². The van der Waals surface area contributed by atoms with Crippen molar-refractivity contribution in [3.63, 3.8) is 0 Å². The monoisotopic (exact) mass is 343 g/mol. The Hall–Kier alpha value is -3.11. The van der Waals surface area contributed by atoms with Crippen molar-refractivity contribution < 1.29 is 27.5 Å². The number of halogens is 3. The lowest BCUT2D eigenvalue weighted by molar-refractivity contribution is -0.137. The number of nitrogens with zero attached hydrogens (tertiary/aromatic N) is 3. The Bertz CT molecular complexity index is 744. The van der Waals surface area contributed by atoms with Crippen LogP contribution in [0.5, 0.6) is 0 Å². The molecule has 2 amide bonds. The Balaban J connectivity index is 1.97. The van der Waals surface area contributed by atoms with Crippen LogP contribution in [0.25, 0.3) is 0 Å². The minimum Gasteiger partial charge on any atom is -0.453 e. The molecule has 8 nitrogen and oxygen atoms in total. The van der Waals surface area contributed by atoms with Crippen molar-refractivity contribution in [1.29, 1.82) is 0 Å². The molecule has 1 aromatic heterocycles. The van der Waals surface area contributed by atoms with E-state index >= 15 is 0 Å². The highest BCUT2D eigenvalue weighted by molar-refractivity contribution is 5.90. The van der Waals surface area contributed by atoms with E-state index in [4.69, 9.17) is 0 Å². The number of benzene rings is 1. The van der Waals surface area contributed by atoms with Gasteiger partial charge in [-0.1, -0.05) is 11.3 Å². The van der Waals surface area contributed by atoms with Gasteiger partial charge in [-0.05, 0) is 18.2 Å². The summed E-state index contributed by atoms with van der Waals surface area (Å²) in [5.41, 5.74) is -0.867. The average molecular weight is 343 g/mol. The van der Waals surface area contributed by atoms with Crippen LogP contribution in [0.1, 0.15) is 5.56 Å². The summed E-state index contributed by atoms with van der Waals surface area (Å²) in [5.74, 6) is -0.544. The van der Waals surface area contributed by atoms with Crippen LogP contribution in [0.2, 0.25) is 0 Å². The first-order chi connectivity index (χ1) is 11.3. The number of ether oxygens (including phenoxy) is 1. The molecule has 2 rings (SSSR count). The zero-order valence-corrected chi connectivity index (χ0v) is 12.3. The fourth-order valence-corrected chi connectivity index (χ4v) is 1.71. The van der Waals surface area contributed by atoms with Gasteiger partial charge in [0.15, 0.2) is 5.82 Å². The molecule has 11 heteroatoms. The number of carbonyl (C=O) groups excluding carboxylic acids is 2. The number of alkyl halides is 3. The van der Waals surface area contributed by atoms with E-state index in [1.807, 2.05) is 0 Å². The van der Waals surface area contributed by atoms with Crippen LogP contribution in [0.4, 0.5) is 29.5 Å². The second-order valence-electron chi connectivity index (χ2n) is 4.54. The molecule has 2 N–H and O–H groups in total. The lowest BCUT2D eigenvalue weighted by Gasteiger charge is -2.09. The van der Waals surface area contributed by atoms with Crippen molar-refractivity contribution in [3.05, 3.63) is 36.0 Å². The third-order valence-electron chi connectivity index (χ3n) is 2.73. The number of hydrogen-bond donors (Lipinski definition) is 2. The highest BCUT2D eigenvalue weighted by atomic mass is 19.4. The second kappa shape index (κ2) is 6.98. The van der Waals surface area contributed by atoms with E-state index in [1.165, 1.54) is 25.4 Å². The third-order valence-corrected chi connectivity index (χ3v) is 2.73. The van der Waals surface area contributed by atoms with Crippen LogP contribution in [-0.4, -0.2) is 34.1 Å². The summed E-state index contributed by atoms with van der Waals surface area (Å²) in [4.78, 5) is 22.8. The second-order valence-corrected chi connectivity index (χ2v) is 4.54. The average Bonchev–Trinajstić information content (AvgIpc) is 2.93. The van der Waals surface area contributed by atoms with Crippen molar-refractivity contribution in [2.75, 3.05) is 17.7 Å². The molecule has 1 aromatic carbocycles. The van der Waals surface area contributed by atoms with Crippen molar-refractivity contribution in [3.8, 4) is 0 Å². The van der Waals surface area contributed by atoms with Gasteiger partial charge in [0.05, 0.1) is 18.9 Å². The predicted molar refractivity (Wildman–Crippen MR) is 76.1 cm³/mol. The van der Waals surface area contributed by atoms with Crippen LogP contribution in [-0.2, 0) is 22.3 Å². The molecule has 0 aliphatic heterocycles. The summed E-state index contributed by atoms with van der Waals surface area (Å²) >= 11 is 0. The molecular weight excluding hydrogens is 331 g/mol. The Kier molecular flexibility index (Phi) is 5.02. The number of aromatic nitrogens is 3. The van der Waals surface area contributed by atoms with Gasteiger partial charge < -0.3 is 10.1 Å². The predicted octanol–water partition coefficient (Wildman–Crippen LogP) is 2.11. The maximum absolute atomic E-state index is 12.6. The van der Waals surface area contributed by atoms with E-state index in [0.29, 0.717) is 0 Å². The number of hydrogen-bond acceptors (Lipinski definition) is 5. The van der Waals surface area contributed by atoms with Gasteiger partial charge in [-0.2, -0.15) is 13.2 Å². The van der Waals surface area contributed by atoms with Gasteiger partial charge >= 0.3 is 12.3 Å². The van der Waals surface area contributed by atoms with Crippen LogP contribution in [0, 0.1) is 0 Å². The number of carbonyl (C=O) groups is 2. The van der Waals surface area contributed by atoms with Crippen molar-refractivity contribution in [1.82, 2.24) is 15.0 Å². The van der Waals surface area contributed by atoms with Gasteiger partial charge in [0, 0.05) is 5.69 Å². The smallest absolute Gasteiger partial charge is 0.416 e. The molecule has 0 unspecified atom stereocenters. The summed E-state index contributed by atoms with van der Waals surface area (Å²) in [6.07, 6.45) is -3.99. The lowest BCUT2D eigenvalue weighted by atomic mass is 10.2. The first kappa shape index (κ1) is 17.2.